The maximum absolute atomic E-state index is 11.6. The molecule has 6 aromatic rings. The van der Waals surface area contributed by atoms with E-state index in [0.29, 0.717) is 47.3 Å². The van der Waals surface area contributed by atoms with Gasteiger partial charge in [0.1, 0.15) is 61.5 Å². The van der Waals surface area contributed by atoms with Crippen molar-refractivity contribution in [3.63, 3.8) is 0 Å². The fourth-order valence-electron chi connectivity index (χ4n) is 10.7. The number of ether oxygens (including phenoxy) is 2. The largest absolute Gasteiger partial charge is 0.383 e. The van der Waals surface area contributed by atoms with Gasteiger partial charge < -0.3 is 45.1 Å². The summed E-state index contributed by atoms with van der Waals surface area (Å²) >= 11 is 0. The second kappa shape index (κ2) is 18.8. The van der Waals surface area contributed by atoms with Gasteiger partial charge in [0.05, 0.1) is 48.7 Å². The number of aryl methyl sites for hydroxylation is 2. The zero-order valence-corrected chi connectivity index (χ0v) is 40.9. The smallest absolute Gasteiger partial charge is 0.147 e. The summed E-state index contributed by atoms with van der Waals surface area (Å²) in [5.74, 6) is 1.94. The van der Waals surface area contributed by atoms with Gasteiger partial charge in [0, 0.05) is 97.6 Å². The molecule has 8 heterocycles. The lowest BCUT2D eigenvalue weighted by Crippen LogP contribution is -2.66. The summed E-state index contributed by atoms with van der Waals surface area (Å²) in [7, 11) is -6.04. The number of aromatic nitrogens is 6. The van der Waals surface area contributed by atoms with E-state index < -0.39 is 19.7 Å². The Morgan fingerprint density at radius 1 is 0.696 bits per heavy atom. The van der Waals surface area contributed by atoms with Crippen LogP contribution in [0.15, 0.2) is 73.6 Å². The minimum absolute atomic E-state index is 0.101. The monoisotopic (exact) mass is 978 g/mol. The van der Waals surface area contributed by atoms with Crippen molar-refractivity contribution in [2.24, 2.45) is 22.7 Å². The van der Waals surface area contributed by atoms with Gasteiger partial charge in [-0.2, -0.15) is 0 Å². The second-order valence-corrected chi connectivity index (χ2v) is 25.3. The Hall–Kier alpha value is -5.31. The van der Waals surface area contributed by atoms with E-state index in [1.54, 1.807) is 0 Å². The Bertz CT molecular complexity index is 3070. The number of nitrogens with two attached hydrogens (primary N) is 2. The quantitative estimate of drug-likeness (QED) is 0.135. The molecule has 19 heteroatoms. The second-order valence-electron chi connectivity index (χ2n) is 20.7. The molecular formula is C50H62N10O7S2. The minimum atomic E-state index is -3.02. The van der Waals surface area contributed by atoms with E-state index in [9.17, 15) is 21.6 Å². The topological polar surface area (TPSA) is 233 Å². The molecule has 0 bridgehead atoms. The molecule has 2 aromatic carbocycles. The van der Waals surface area contributed by atoms with Gasteiger partial charge in [-0.1, -0.05) is 48.5 Å². The Kier molecular flexibility index (Phi) is 12.9. The van der Waals surface area contributed by atoms with Crippen LogP contribution in [0.3, 0.4) is 0 Å². The van der Waals surface area contributed by atoms with Crippen molar-refractivity contribution < 1.29 is 31.1 Å². The zero-order chi connectivity index (χ0) is 48.1. The van der Waals surface area contributed by atoms with Crippen LogP contribution in [0.4, 0.5) is 11.6 Å². The van der Waals surface area contributed by atoms with Crippen molar-refractivity contribution in [1.82, 2.24) is 39.3 Å². The number of hydrogen-bond donors (Lipinski definition) is 3. The SMILES string of the molecule is C1NCC12COC2.CS(=O)(=O)CCc1cccc(-c2cn(C3CC(C=O)C3)c3ncnc(N)c23)c1.CS(=O)(=O)CCc1cccc(-c2cn(C3CC(CN4CC5(COC5)C4)C3)c3ncnc(N)c23)c1. The van der Waals surface area contributed by atoms with Gasteiger partial charge in [0.15, 0.2) is 0 Å². The third kappa shape index (κ3) is 10.2. The lowest BCUT2D eigenvalue weighted by Gasteiger charge is -2.56. The van der Waals surface area contributed by atoms with Crippen LogP contribution in [0, 0.1) is 22.7 Å². The zero-order valence-electron chi connectivity index (χ0n) is 39.3. The molecule has 6 fully saturated rings. The number of sulfone groups is 2. The molecule has 5 N–H and O–H groups in total. The molecule has 0 unspecified atom stereocenters. The highest BCUT2D eigenvalue weighted by molar-refractivity contribution is 7.90. The number of carbonyl (C=O) groups is 1. The van der Waals surface area contributed by atoms with Crippen LogP contribution in [0.2, 0.25) is 0 Å². The number of fused-ring (bicyclic) bond motifs is 2. The van der Waals surface area contributed by atoms with E-state index >= 15 is 0 Å². The first-order valence-electron chi connectivity index (χ1n) is 23.9. The Morgan fingerprint density at radius 2 is 1.17 bits per heavy atom. The summed E-state index contributed by atoms with van der Waals surface area (Å²) in [6.45, 7) is 9.79. The minimum Gasteiger partial charge on any atom is -0.383 e. The summed E-state index contributed by atoms with van der Waals surface area (Å²) in [6.07, 6.45) is 15.5. The van der Waals surface area contributed by atoms with Crippen molar-refractivity contribution in [3.8, 4) is 22.3 Å². The summed E-state index contributed by atoms with van der Waals surface area (Å²) < 4.78 is 61.0. The van der Waals surface area contributed by atoms with Gasteiger partial charge >= 0.3 is 0 Å². The molecule has 2 saturated carbocycles. The van der Waals surface area contributed by atoms with E-state index in [1.165, 1.54) is 57.9 Å². The van der Waals surface area contributed by atoms with Gasteiger partial charge in [-0.25, -0.2) is 36.8 Å². The molecule has 4 aromatic heterocycles. The van der Waals surface area contributed by atoms with E-state index in [0.717, 1.165) is 114 Å². The molecule has 0 atom stereocenters. The Morgan fingerprint density at radius 3 is 1.57 bits per heavy atom. The third-order valence-corrected chi connectivity index (χ3v) is 16.8. The van der Waals surface area contributed by atoms with Crippen LogP contribution < -0.4 is 16.8 Å². The highest BCUT2D eigenvalue weighted by atomic mass is 32.2. The molecule has 12 rings (SSSR count). The number of nitrogens with zero attached hydrogens (tertiary/aromatic N) is 7. The first-order chi connectivity index (χ1) is 33.1. The van der Waals surface area contributed by atoms with E-state index in [2.05, 4.69) is 51.6 Å². The van der Waals surface area contributed by atoms with Crippen molar-refractivity contribution in [1.29, 1.82) is 0 Å². The predicted octanol–water partition coefficient (Wildman–Crippen LogP) is 4.57. The van der Waals surface area contributed by atoms with E-state index in [4.69, 9.17) is 20.9 Å². The van der Waals surface area contributed by atoms with Gasteiger partial charge in [-0.15, -0.1) is 0 Å². The molecule has 4 saturated heterocycles. The number of benzene rings is 2. The molecule has 6 aliphatic rings. The van der Waals surface area contributed by atoms with E-state index in [1.807, 2.05) is 48.7 Å². The number of nitrogen functional groups attached to an aromatic ring is 2. The highest BCUT2D eigenvalue weighted by Gasteiger charge is 2.50. The predicted molar refractivity (Wildman–Crippen MR) is 267 cm³/mol. The number of anilines is 2. The first-order valence-corrected chi connectivity index (χ1v) is 28.0. The molecule has 4 aliphatic heterocycles. The van der Waals surface area contributed by atoms with Crippen LogP contribution in [0.25, 0.3) is 44.3 Å². The molecule has 0 amide bonds. The normalized spacial score (nSPS) is 23.2. The summed E-state index contributed by atoms with van der Waals surface area (Å²) in [5.41, 5.74) is 21.0. The summed E-state index contributed by atoms with van der Waals surface area (Å²) in [6, 6.07) is 16.5. The van der Waals surface area contributed by atoms with Crippen molar-refractivity contribution >= 4 is 59.7 Å². The molecule has 2 spiro atoms. The first kappa shape index (κ1) is 47.4. The standard InChI is InChI=1S/C25H31N5O3S.C20H22N4O3S.C5H9NO/c1-34(31,32)6-5-17-3-2-4-19(7-17)21-11-30(24-22(21)23(26)27-16-28-24)20-8-18(9-20)10-29-12-25(13-29)14-33-15-25;1-28(26,27)6-5-13-3-2-4-15(7-13)17-10-24(16-8-14(9-16)11-25)20-18(17)19(21)22-12-23-20;1-5(2-6-1)3-7-4-5/h2-4,7,11,16,18,20H,5-6,8-10,12-15H2,1H3,(H2,26,27,28);2-4,7,10-12,14,16H,5-6,8-9H2,1H3,(H2,21,22,23);6H,1-4H2. The number of hydrogen-bond acceptors (Lipinski definition) is 15. The average Bonchev–Trinajstić information content (AvgIpc) is 3.80. The van der Waals surface area contributed by atoms with Gasteiger partial charge in [0.2, 0.25) is 0 Å². The molecule has 17 nitrogen and oxygen atoms in total. The van der Waals surface area contributed by atoms with E-state index in [-0.39, 0.29) is 23.5 Å². The average molecular weight is 979 g/mol. The van der Waals surface area contributed by atoms with Gasteiger partial charge in [-0.3, -0.25) is 0 Å². The molecule has 366 valence electrons. The number of rotatable bonds is 13. The third-order valence-electron chi connectivity index (χ3n) is 14.9. The summed E-state index contributed by atoms with van der Waals surface area (Å²) in [5, 5.41) is 4.89. The van der Waals surface area contributed by atoms with Crippen LogP contribution >= 0.6 is 0 Å². The van der Waals surface area contributed by atoms with Gasteiger partial charge in [0.25, 0.3) is 0 Å². The highest BCUT2D eigenvalue weighted by Crippen LogP contribution is 2.46. The summed E-state index contributed by atoms with van der Waals surface area (Å²) in [4.78, 5) is 31.0. The Labute approximate surface area is 403 Å². The number of aldehydes is 1. The maximum Gasteiger partial charge on any atom is 0.147 e. The van der Waals surface area contributed by atoms with Crippen molar-refractivity contribution in [2.45, 2.75) is 50.6 Å². The van der Waals surface area contributed by atoms with Crippen LogP contribution in [0.5, 0.6) is 0 Å². The molecule has 0 radical (unpaired) electrons. The molecule has 2 aliphatic carbocycles. The number of likely N-dealkylation sites (tertiary alicyclic amines) is 1. The fraction of sp³-hybridized carbons (Fsp3) is 0.500. The number of nitrogens with one attached hydrogen (secondary N) is 1. The lowest BCUT2D eigenvalue weighted by atomic mass is 9.74. The van der Waals surface area contributed by atoms with Crippen LogP contribution in [-0.4, -0.2) is 140 Å². The molecule has 69 heavy (non-hydrogen) atoms. The van der Waals surface area contributed by atoms with Gasteiger partial charge in [-0.05, 0) is 66.7 Å². The number of carbonyl (C=O) groups excluding carboxylic acids is 1. The van der Waals surface area contributed by atoms with Crippen LogP contribution in [0.1, 0.15) is 48.9 Å². The lowest BCUT2D eigenvalue weighted by molar-refractivity contribution is -0.192. The van der Waals surface area contributed by atoms with Crippen LogP contribution in [-0.2, 0) is 46.8 Å². The van der Waals surface area contributed by atoms with Crippen molar-refractivity contribution in [3.05, 3.63) is 84.7 Å². The fourth-order valence-corrected chi connectivity index (χ4v) is 11.9. The Balaban J connectivity index is 0.000000142. The maximum atomic E-state index is 11.6. The molecular weight excluding hydrogens is 917 g/mol. The van der Waals surface area contributed by atoms with Crippen molar-refractivity contribution in [2.75, 3.05) is 94.6 Å².